The normalized spacial score (nSPS) is 12.4. The fraction of sp³-hybridized carbons (Fsp3) is 0.636. The summed E-state index contributed by atoms with van der Waals surface area (Å²) in [6.45, 7) is 5.57. The maximum atomic E-state index is 11.6. The average Bonchev–Trinajstić information content (AvgIpc) is 2.77. The second kappa shape index (κ2) is 7.00. The van der Waals surface area contributed by atoms with Gasteiger partial charge in [0.25, 0.3) is 0 Å². The van der Waals surface area contributed by atoms with Crippen molar-refractivity contribution >= 4 is 5.97 Å². The second-order valence-corrected chi connectivity index (χ2v) is 3.49. The van der Waals surface area contributed by atoms with E-state index in [4.69, 9.17) is 4.74 Å². The molecule has 0 aliphatic rings. The number of nitrogens with zero attached hydrogens (tertiary/aromatic N) is 2. The number of nitrogens with one attached hydrogen (secondary N) is 1. The first-order chi connectivity index (χ1) is 7.77. The van der Waals surface area contributed by atoms with Gasteiger partial charge < -0.3 is 10.1 Å². The zero-order valence-corrected chi connectivity index (χ0v) is 9.85. The van der Waals surface area contributed by atoms with Gasteiger partial charge in [0.05, 0.1) is 13.2 Å². The molecule has 0 saturated heterocycles. The predicted octanol–water partition coefficient (Wildman–Crippen LogP) is 0.814. The summed E-state index contributed by atoms with van der Waals surface area (Å²) in [5.74, 6) is -0.216. The molecule has 0 amide bonds. The highest BCUT2D eigenvalue weighted by atomic mass is 16.5. The third-order valence-electron chi connectivity index (χ3n) is 2.14. The molecule has 1 heterocycles. The summed E-state index contributed by atoms with van der Waals surface area (Å²) in [5.41, 5.74) is 0. The van der Waals surface area contributed by atoms with Crippen LogP contribution in [-0.2, 0) is 16.1 Å². The van der Waals surface area contributed by atoms with Crippen molar-refractivity contribution in [1.29, 1.82) is 0 Å². The minimum atomic E-state index is -0.320. The Kier molecular flexibility index (Phi) is 5.56. The van der Waals surface area contributed by atoms with Crippen molar-refractivity contribution in [1.82, 2.24) is 15.1 Å². The van der Waals surface area contributed by atoms with E-state index in [9.17, 15) is 4.79 Å². The number of ether oxygens (including phenoxy) is 1. The summed E-state index contributed by atoms with van der Waals surface area (Å²) in [7, 11) is 0. The second-order valence-electron chi connectivity index (χ2n) is 3.49. The maximum absolute atomic E-state index is 11.6. The Labute approximate surface area is 95.8 Å². The third-order valence-corrected chi connectivity index (χ3v) is 2.14. The lowest BCUT2D eigenvalue weighted by Crippen LogP contribution is -2.41. The van der Waals surface area contributed by atoms with Crippen LogP contribution < -0.4 is 5.32 Å². The van der Waals surface area contributed by atoms with Crippen molar-refractivity contribution in [3.8, 4) is 0 Å². The molecule has 1 aromatic heterocycles. The molecule has 1 atom stereocenters. The van der Waals surface area contributed by atoms with Crippen LogP contribution in [0, 0.1) is 0 Å². The van der Waals surface area contributed by atoms with E-state index in [-0.39, 0.29) is 12.0 Å². The van der Waals surface area contributed by atoms with E-state index in [1.165, 1.54) is 0 Å². The SMILES string of the molecule is CCCNC(Cn1cccn1)C(=O)OCC. The first-order valence-corrected chi connectivity index (χ1v) is 5.65. The van der Waals surface area contributed by atoms with Crippen molar-refractivity contribution in [3.63, 3.8) is 0 Å². The number of hydrogen-bond donors (Lipinski definition) is 1. The lowest BCUT2D eigenvalue weighted by Gasteiger charge is -2.16. The van der Waals surface area contributed by atoms with Crippen molar-refractivity contribution in [2.24, 2.45) is 0 Å². The van der Waals surface area contributed by atoms with E-state index in [1.54, 1.807) is 10.9 Å². The fourth-order valence-corrected chi connectivity index (χ4v) is 1.38. The van der Waals surface area contributed by atoms with Crippen molar-refractivity contribution in [2.75, 3.05) is 13.2 Å². The molecule has 0 spiro atoms. The van der Waals surface area contributed by atoms with Gasteiger partial charge in [-0.15, -0.1) is 0 Å². The van der Waals surface area contributed by atoms with Crippen LogP contribution in [0.5, 0.6) is 0 Å². The van der Waals surface area contributed by atoms with Crippen LogP contribution in [0.3, 0.4) is 0 Å². The Morgan fingerprint density at radius 2 is 2.38 bits per heavy atom. The van der Waals surface area contributed by atoms with E-state index in [2.05, 4.69) is 17.3 Å². The summed E-state index contributed by atoms with van der Waals surface area (Å²) < 4.78 is 6.73. The third kappa shape index (κ3) is 4.02. The molecule has 1 N–H and O–H groups in total. The van der Waals surface area contributed by atoms with Crippen LogP contribution >= 0.6 is 0 Å². The molecule has 1 unspecified atom stereocenters. The van der Waals surface area contributed by atoms with Crippen molar-refractivity contribution in [3.05, 3.63) is 18.5 Å². The number of carbonyl (C=O) groups excluding carboxylic acids is 1. The van der Waals surface area contributed by atoms with Gasteiger partial charge in [0.2, 0.25) is 0 Å². The molecule has 5 nitrogen and oxygen atoms in total. The van der Waals surface area contributed by atoms with Gasteiger partial charge in [-0.3, -0.25) is 9.48 Å². The predicted molar refractivity (Wildman–Crippen MR) is 60.9 cm³/mol. The summed E-state index contributed by atoms with van der Waals surface area (Å²) in [6.07, 6.45) is 4.51. The molecule has 0 saturated carbocycles. The highest BCUT2D eigenvalue weighted by Crippen LogP contribution is 1.95. The Hall–Kier alpha value is -1.36. The van der Waals surface area contributed by atoms with Crippen molar-refractivity contribution in [2.45, 2.75) is 32.9 Å². The van der Waals surface area contributed by atoms with Crippen LogP contribution in [-0.4, -0.2) is 34.9 Å². The molecule has 1 aromatic rings. The van der Waals surface area contributed by atoms with Gasteiger partial charge in [-0.05, 0) is 26.0 Å². The molecule has 0 radical (unpaired) electrons. The molecule has 0 aromatic carbocycles. The van der Waals surface area contributed by atoms with Gasteiger partial charge in [-0.25, -0.2) is 0 Å². The molecule has 0 aliphatic heterocycles. The first-order valence-electron chi connectivity index (χ1n) is 5.65. The summed E-state index contributed by atoms with van der Waals surface area (Å²) in [6, 6.07) is 1.52. The molecule has 16 heavy (non-hydrogen) atoms. The summed E-state index contributed by atoms with van der Waals surface area (Å²) in [5, 5.41) is 7.23. The molecule has 90 valence electrons. The highest BCUT2D eigenvalue weighted by Gasteiger charge is 2.19. The lowest BCUT2D eigenvalue weighted by atomic mass is 10.3. The Bertz CT molecular complexity index is 298. The number of carbonyl (C=O) groups is 1. The monoisotopic (exact) mass is 225 g/mol. The number of rotatable bonds is 7. The van der Waals surface area contributed by atoms with Crippen LogP contribution in [0.1, 0.15) is 20.3 Å². The lowest BCUT2D eigenvalue weighted by molar-refractivity contribution is -0.146. The van der Waals surface area contributed by atoms with Gasteiger partial charge in [0.1, 0.15) is 6.04 Å². The molecule has 5 heteroatoms. The van der Waals surface area contributed by atoms with E-state index in [0.717, 1.165) is 13.0 Å². The Morgan fingerprint density at radius 3 is 2.94 bits per heavy atom. The minimum absolute atomic E-state index is 0.216. The number of aromatic nitrogens is 2. The van der Waals surface area contributed by atoms with E-state index in [0.29, 0.717) is 13.2 Å². The minimum Gasteiger partial charge on any atom is -0.465 e. The quantitative estimate of drug-likeness (QED) is 0.698. The van der Waals surface area contributed by atoms with Gasteiger partial charge in [0, 0.05) is 12.4 Å². The maximum Gasteiger partial charge on any atom is 0.325 e. The average molecular weight is 225 g/mol. The van der Waals surface area contributed by atoms with Gasteiger partial charge in [-0.1, -0.05) is 6.92 Å². The smallest absolute Gasteiger partial charge is 0.325 e. The number of hydrogen-bond acceptors (Lipinski definition) is 4. The summed E-state index contributed by atoms with van der Waals surface area (Å²) >= 11 is 0. The molecule has 1 rings (SSSR count). The van der Waals surface area contributed by atoms with Crippen LogP contribution in [0.4, 0.5) is 0 Å². The Balaban J connectivity index is 2.52. The first kappa shape index (κ1) is 12.7. The van der Waals surface area contributed by atoms with Gasteiger partial charge in [0.15, 0.2) is 0 Å². The molecular formula is C11H19N3O2. The largest absolute Gasteiger partial charge is 0.465 e. The molecule has 0 bridgehead atoms. The summed E-state index contributed by atoms with van der Waals surface area (Å²) in [4.78, 5) is 11.6. The fourth-order valence-electron chi connectivity index (χ4n) is 1.38. The van der Waals surface area contributed by atoms with Crippen molar-refractivity contribution < 1.29 is 9.53 Å². The topological polar surface area (TPSA) is 56.2 Å². The highest BCUT2D eigenvalue weighted by molar-refractivity contribution is 5.75. The molecule has 0 aliphatic carbocycles. The standard InChI is InChI=1S/C11H19N3O2/c1-3-6-12-10(11(15)16-4-2)9-14-8-5-7-13-14/h5,7-8,10,12H,3-4,6,9H2,1-2H3. The number of esters is 1. The van der Waals surface area contributed by atoms with Gasteiger partial charge in [-0.2, -0.15) is 5.10 Å². The van der Waals surface area contributed by atoms with Crippen LogP contribution in [0.25, 0.3) is 0 Å². The van der Waals surface area contributed by atoms with E-state index in [1.807, 2.05) is 19.2 Å². The van der Waals surface area contributed by atoms with Crippen LogP contribution in [0.15, 0.2) is 18.5 Å². The zero-order valence-electron chi connectivity index (χ0n) is 9.85. The van der Waals surface area contributed by atoms with Gasteiger partial charge >= 0.3 is 5.97 Å². The molecular weight excluding hydrogens is 206 g/mol. The van der Waals surface area contributed by atoms with Crippen LogP contribution in [0.2, 0.25) is 0 Å². The zero-order chi connectivity index (χ0) is 11.8. The van der Waals surface area contributed by atoms with E-state index < -0.39 is 0 Å². The molecule has 0 fully saturated rings. The Morgan fingerprint density at radius 1 is 1.56 bits per heavy atom. The van der Waals surface area contributed by atoms with E-state index >= 15 is 0 Å².